The van der Waals surface area contributed by atoms with E-state index >= 15 is 0 Å². The second-order valence-corrected chi connectivity index (χ2v) is 4.96. The fourth-order valence-corrected chi connectivity index (χ4v) is 2.45. The summed E-state index contributed by atoms with van der Waals surface area (Å²) in [5.41, 5.74) is 4.49. The molecular weight excluding hydrogens is 254 g/mol. The van der Waals surface area contributed by atoms with E-state index < -0.39 is 5.97 Å². The lowest BCUT2D eigenvalue weighted by Crippen LogP contribution is -2.09. The van der Waals surface area contributed by atoms with Gasteiger partial charge in [-0.3, -0.25) is 4.68 Å². The van der Waals surface area contributed by atoms with Crippen LogP contribution in [0.1, 0.15) is 40.3 Å². The highest BCUT2D eigenvalue weighted by Gasteiger charge is 2.16. The van der Waals surface area contributed by atoms with Crippen LogP contribution in [0.5, 0.6) is 0 Å². The fraction of sp³-hybridized carbons (Fsp3) is 0.333. The molecule has 2 aromatic rings. The van der Waals surface area contributed by atoms with E-state index in [4.69, 9.17) is 5.11 Å². The molecule has 0 saturated heterocycles. The number of carboxylic acids is 1. The van der Waals surface area contributed by atoms with Gasteiger partial charge in [0.25, 0.3) is 0 Å². The highest BCUT2D eigenvalue weighted by atomic mass is 16.4. The average molecular weight is 273 g/mol. The van der Waals surface area contributed by atoms with Gasteiger partial charge in [-0.2, -0.15) is 5.10 Å². The van der Waals surface area contributed by atoms with E-state index in [0.29, 0.717) is 0 Å². The zero-order valence-corrected chi connectivity index (χ0v) is 12.1. The van der Waals surface area contributed by atoms with Crippen molar-refractivity contribution in [1.82, 2.24) is 9.78 Å². The zero-order valence-electron chi connectivity index (χ0n) is 12.1. The van der Waals surface area contributed by atoms with Crippen LogP contribution in [-0.4, -0.2) is 20.9 Å². The Balaban J connectivity index is 2.19. The molecule has 1 heterocycles. The molecule has 106 valence electrons. The summed E-state index contributed by atoms with van der Waals surface area (Å²) in [7, 11) is 1.93. The molecule has 0 aliphatic rings. The molecule has 0 aliphatic heterocycles. The van der Waals surface area contributed by atoms with Crippen molar-refractivity contribution >= 4 is 11.7 Å². The van der Waals surface area contributed by atoms with E-state index in [1.54, 1.807) is 24.3 Å². The lowest BCUT2D eigenvalue weighted by molar-refractivity contribution is 0.0697. The van der Waals surface area contributed by atoms with Crippen molar-refractivity contribution in [1.29, 1.82) is 0 Å². The van der Waals surface area contributed by atoms with Crippen LogP contribution in [-0.2, 0) is 7.05 Å². The number of nitrogens with one attached hydrogen (secondary N) is 1. The lowest BCUT2D eigenvalue weighted by Gasteiger charge is -2.16. The summed E-state index contributed by atoms with van der Waals surface area (Å²) in [4.78, 5) is 10.8. The van der Waals surface area contributed by atoms with Gasteiger partial charge >= 0.3 is 5.97 Å². The average Bonchev–Trinajstić information content (AvgIpc) is 2.63. The molecule has 1 aromatic carbocycles. The molecular formula is C15H19N3O2. The van der Waals surface area contributed by atoms with Crippen LogP contribution >= 0.6 is 0 Å². The van der Waals surface area contributed by atoms with Gasteiger partial charge in [-0.05, 0) is 45.0 Å². The number of hydrogen-bond donors (Lipinski definition) is 2. The van der Waals surface area contributed by atoms with E-state index in [9.17, 15) is 4.79 Å². The molecule has 0 aliphatic carbocycles. The van der Waals surface area contributed by atoms with Gasteiger partial charge in [0.15, 0.2) is 0 Å². The number of rotatable bonds is 4. The van der Waals surface area contributed by atoms with Crippen molar-refractivity contribution in [2.24, 2.45) is 7.05 Å². The fourth-order valence-electron chi connectivity index (χ4n) is 2.45. The van der Waals surface area contributed by atoms with Gasteiger partial charge in [-0.25, -0.2) is 4.79 Å². The number of aromatic nitrogens is 2. The number of hydrogen-bond acceptors (Lipinski definition) is 3. The summed E-state index contributed by atoms with van der Waals surface area (Å²) in [5.74, 6) is -0.913. The van der Waals surface area contributed by atoms with Crippen molar-refractivity contribution < 1.29 is 9.90 Å². The Morgan fingerprint density at radius 1 is 1.30 bits per heavy atom. The number of carbonyl (C=O) groups is 1. The molecule has 1 aromatic heterocycles. The minimum Gasteiger partial charge on any atom is -0.478 e. The molecule has 0 radical (unpaired) electrons. The molecule has 0 fully saturated rings. The minimum atomic E-state index is -0.913. The number of carboxylic acid groups (broad SMARTS) is 1. The first kappa shape index (κ1) is 14.1. The smallest absolute Gasteiger partial charge is 0.335 e. The summed E-state index contributed by atoms with van der Waals surface area (Å²) < 4.78 is 1.87. The van der Waals surface area contributed by atoms with Crippen LogP contribution in [0.2, 0.25) is 0 Å². The topological polar surface area (TPSA) is 67.2 Å². The first-order chi connectivity index (χ1) is 9.40. The molecule has 0 saturated carbocycles. The lowest BCUT2D eigenvalue weighted by atomic mass is 10.1. The maximum atomic E-state index is 10.8. The van der Waals surface area contributed by atoms with E-state index in [0.717, 1.165) is 17.1 Å². The molecule has 5 heteroatoms. The third-order valence-corrected chi connectivity index (χ3v) is 3.51. The van der Waals surface area contributed by atoms with E-state index in [1.807, 2.05) is 25.6 Å². The molecule has 20 heavy (non-hydrogen) atoms. The van der Waals surface area contributed by atoms with Gasteiger partial charge in [-0.1, -0.05) is 0 Å². The zero-order chi connectivity index (χ0) is 14.9. The Bertz CT molecular complexity index is 629. The van der Waals surface area contributed by atoms with Crippen LogP contribution in [0.25, 0.3) is 0 Å². The van der Waals surface area contributed by atoms with Gasteiger partial charge in [-0.15, -0.1) is 0 Å². The van der Waals surface area contributed by atoms with Crippen LogP contribution in [0, 0.1) is 13.8 Å². The SMILES string of the molecule is Cc1nn(C)c(C)c1C(C)Nc1ccc(C(=O)O)cc1. The molecule has 0 amide bonds. The molecule has 5 nitrogen and oxygen atoms in total. The first-order valence-electron chi connectivity index (χ1n) is 6.50. The standard InChI is InChI=1S/C15H19N3O2/c1-9(14-10(2)17-18(4)11(14)3)16-13-7-5-12(6-8-13)15(19)20/h5-9,16H,1-4H3,(H,19,20). The second kappa shape index (κ2) is 5.36. The number of benzene rings is 1. The highest BCUT2D eigenvalue weighted by molar-refractivity contribution is 5.88. The molecule has 2 N–H and O–H groups in total. The van der Waals surface area contributed by atoms with Crippen LogP contribution < -0.4 is 5.32 Å². The van der Waals surface area contributed by atoms with Gasteiger partial charge in [0, 0.05) is 24.0 Å². The monoisotopic (exact) mass is 273 g/mol. The maximum absolute atomic E-state index is 10.8. The highest BCUT2D eigenvalue weighted by Crippen LogP contribution is 2.24. The Kier molecular flexibility index (Phi) is 3.79. The molecule has 0 spiro atoms. The Morgan fingerprint density at radius 3 is 2.35 bits per heavy atom. The number of nitrogens with zero attached hydrogens (tertiary/aromatic N) is 2. The van der Waals surface area contributed by atoms with Gasteiger partial charge in [0.1, 0.15) is 0 Å². The van der Waals surface area contributed by atoms with E-state index in [-0.39, 0.29) is 11.6 Å². The third kappa shape index (κ3) is 2.66. The first-order valence-corrected chi connectivity index (χ1v) is 6.50. The quantitative estimate of drug-likeness (QED) is 0.898. The van der Waals surface area contributed by atoms with Gasteiger partial charge < -0.3 is 10.4 Å². The van der Waals surface area contributed by atoms with Crippen molar-refractivity contribution in [3.63, 3.8) is 0 Å². The van der Waals surface area contributed by atoms with Crippen LogP contribution in [0.3, 0.4) is 0 Å². The Hall–Kier alpha value is -2.30. The minimum absolute atomic E-state index is 0.111. The van der Waals surface area contributed by atoms with Crippen LogP contribution in [0.15, 0.2) is 24.3 Å². The summed E-state index contributed by atoms with van der Waals surface area (Å²) in [5, 5.41) is 16.7. The maximum Gasteiger partial charge on any atom is 0.335 e. The summed E-state index contributed by atoms with van der Waals surface area (Å²) >= 11 is 0. The number of aromatic carboxylic acids is 1. The molecule has 0 bridgehead atoms. The number of aryl methyl sites for hydroxylation is 2. The van der Waals surface area contributed by atoms with E-state index in [2.05, 4.69) is 17.3 Å². The van der Waals surface area contributed by atoms with E-state index in [1.165, 1.54) is 5.56 Å². The second-order valence-electron chi connectivity index (χ2n) is 4.96. The van der Waals surface area contributed by atoms with Crippen molar-refractivity contribution in [2.45, 2.75) is 26.8 Å². The Labute approximate surface area is 118 Å². The molecule has 2 rings (SSSR count). The number of anilines is 1. The third-order valence-electron chi connectivity index (χ3n) is 3.51. The summed E-state index contributed by atoms with van der Waals surface area (Å²) in [6.07, 6.45) is 0. The predicted molar refractivity (Wildman–Crippen MR) is 78.1 cm³/mol. The van der Waals surface area contributed by atoms with Gasteiger partial charge in [0.2, 0.25) is 0 Å². The van der Waals surface area contributed by atoms with Crippen LogP contribution in [0.4, 0.5) is 5.69 Å². The normalized spacial score (nSPS) is 12.2. The summed E-state index contributed by atoms with van der Waals surface area (Å²) in [6.45, 7) is 6.11. The van der Waals surface area contributed by atoms with Crippen molar-refractivity contribution in [3.05, 3.63) is 46.8 Å². The Morgan fingerprint density at radius 2 is 1.90 bits per heavy atom. The largest absolute Gasteiger partial charge is 0.478 e. The van der Waals surface area contributed by atoms with Gasteiger partial charge in [0.05, 0.1) is 17.3 Å². The summed E-state index contributed by atoms with van der Waals surface area (Å²) in [6, 6.07) is 6.86. The molecule has 1 atom stereocenters. The molecule has 1 unspecified atom stereocenters. The predicted octanol–water partition coefficient (Wildman–Crippen LogP) is 2.91. The van der Waals surface area contributed by atoms with Crippen molar-refractivity contribution in [2.75, 3.05) is 5.32 Å². The van der Waals surface area contributed by atoms with Crippen molar-refractivity contribution in [3.8, 4) is 0 Å².